The van der Waals surface area contributed by atoms with Gasteiger partial charge in [0.1, 0.15) is 11.6 Å². The summed E-state index contributed by atoms with van der Waals surface area (Å²) in [6, 6.07) is 4.82. The maximum Gasteiger partial charge on any atom is 0.223 e. The lowest BCUT2D eigenvalue weighted by Crippen LogP contribution is -2.42. The van der Waals surface area contributed by atoms with E-state index in [1.807, 2.05) is 4.90 Å². The second kappa shape index (κ2) is 8.87. The van der Waals surface area contributed by atoms with Crippen molar-refractivity contribution >= 4 is 18.3 Å². The van der Waals surface area contributed by atoms with Gasteiger partial charge in [0.15, 0.2) is 0 Å². The topological polar surface area (TPSA) is 32.3 Å². The molecule has 3 nitrogen and oxygen atoms in total. The van der Waals surface area contributed by atoms with Crippen molar-refractivity contribution in [2.45, 2.75) is 82.5 Å². The van der Waals surface area contributed by atoms with Gasteiger partial charge in [0.2, 0.25) is 5.91 Å². The van der Waals surface area contributed by atoms with Crippen molar-refractivity contribution in [3.05, 3.63) is 35.4 Å². The predicted molar refractivity (Wildman–Crippen MR) is 104 cm³/mol. The second-order valence-corrected chi connectivity index (χ2v) is 8.38. The van der Waals surface area contributed by atoms with Crippen molar-refractivity contribution in [3.63, 3.8) is 0 Å². The molecule has 1 saturated carbocycles. The fraction of sp³-hybridized carbons (Fsp3) is 0.667. The van der Waals surface area contributed by atoms with Crippen molar-refractivity contribution in [3.8, 4) is 0 Å². The molecule has 2 saturated heterocycles. The van der Waals surface area contributed by atoms with E-state index in [2.05, 4.69) is 5.32 Å². The van der Waals surface area contributed by atoms with Gasteiger partial charge in [-0.25, -0.2) is 8.78 Å². The third-order valence-electron chi connectivity index (χ3n) is 6.47. The number of amides is 1. The third-order valence-corrected chi connectivity index (χ3v) is 6.47. The lowest BCUT2D eigenvalue weighted by atomic mass is 9.89. The molecule has 1 aromatic carbocycles. The summed E-state index contributed by atoms with van der Waals surface area (Å²) in [4.78, 5) is 15.0. The molecule has 1 N–H and O–H groups in total. The highest BCUT2D eigenvalue weighted by atomic mass is 35.5. The molecule has 2 heterocycles. The molecule has 4 rings (SSSR count). The van der Waals surface area contributed by atoms with E-state index in [1.165, 1.54) is 18.9 Å². The lowest BCUT2D eigenvalue weighted by molar-refractivity contribution is -0.135. The molecule has 1 amide bonds. The summed E-state index contributed by atoms with van der Waals surface area (Å²) in [5.41, 5.74) is 0.288. The highest BCUT2D eigenvalue weighted by Crippen LogP contribution is 2.34. The van der Waals surface area contributed by atoms with Crippen LogP contribution < -0.4 is 5.32 Å². The number of piperidine rings is 1. The average Bonchev–Trinajstić information content (AvgIpc) is 3.25. The van der Waals surface area contributed by atoms with Crippen LogP contribution >= 0.6 is 12.4 Å². The van der Waals surface area contributed by atoms with Crippen molar-refractivity contribution in [2.75, 3.05) is 0 Å². The number of carbonyl (C=O) groups excluding carboxylic acids is 1. The number of benzene rings is 1. The van der Waals surface area contributed by atoms with E-state index in [-0.39, 0.29) is 36.5 Å². The number of nitrogens with zero attached hydrogens (tertiary/aromatic N) is 1. The molecule has 2 aliphatic heterocycles. The highest BCUT2D eigenvalue weighted by molar-refractivity contribution is 5.85. The molecule has 27 heavy (non-hydrogen) atoms. The molecular weight excluding hydrogens is 370 g/mol. The number of carbonyl (C=O) groups is 1. The van der Waals surface area contributed by atoms with Crippen LogP contribution in [0.5, 0.6) is 0 Å². The van der Waals surface area contributed by atoms with Crippen LogP contribution in [0.3, 0.4) is 0 Å². The van der Waals surface area contributed by atoms with E-state index >= 15 is 0 Å². The van der Waals surface area contributed by atoms with Gasteiger partial charge in [0.25, 0.3) is 0 Å². The van der Waals surface area contributed by atoms with Crippen LogP contribution in [0.4, 0.5) is 8.78 Å². The molecule has 1 aromatic rings. The van der Waals surface area contributed by atoms with E-state index in [4.69, 9.17) is 0 Å². The Hall–Kier alpha value is -1.20. The second-order valence-electron chi connectivity index (χ2n) is 8.38. The zero-order valence-electron chi connectivity index (χ0n) is 15.6. The van der Waals surface area contributed by atoms with Crippen molar-refractivity contribution in [1.29, 1.82) is 0 Å². The first-order chi connectivity index (χ1) is 12.6. The summed E-state index contributed by atoms with van der Waals surface area (Å²) in [5.74, 6) is -0.341. The Labute approximate surface area is 166 Å². The zero-order chi connectivity index (χ0) is 18.1. The summed E-state index contributed by atoms with van der Waals surface area (Å²) in [7, 11) is 0. The van der Waals surface area contributed by atoms with Crippen LogP contribution in [-0.2, 0) is 11.3 Å². The van der Waals surface area contributed by atoms with E-state index < -0.39 is 11.6 Å². The quantitative estimate of drug-likeness (QED) is 0.787. The number of halogens is 3. The highest BCUT2D eigenvalue weighted by Gasteiger charge is 2.36. The molecule has 3 fully saturated rings. The lowest BCUT2D eigenvalue weighted by Gasteiger charge is -2.33. The monoisotopic (exact) mass is 398 g/mol. The zero-order valence-corrected chi connectivity index (χ0v) is 16.4. The summed E-state index contributed by atoms with van der Waals surface area (Å²) < 4.78 is 27.7. The number of nitrogens with one attached hydrogen (secondary N) is 1. The summed E-state index contributed by atoms with van der Waals surface area (Å²) in [5, 5.41) is 3.62. The molecule has 0 aromatic heterocycles. The van der Waals surface area contributed by atoms with Gasteiger partial charge in [0, 0.05) is 36.7 Å². The first kappa shape index (κ1) is 20.5. The van der Waals surface area contributed by atoms with E-state index in [0.29, 0.717) is 24.4 Å². The van der Waals surface area contributed by atoms with Crippen LogP contribution in [0.2, 0.25) is 0 Å². The van der Waals surface area contributed by atoms with E-state index in [1.54, 1.807) is 0 Å². The molecule has 1 aliphatic carbocycles. The average molecular weight is 399 g/mol. The van der Waals surface area contributed by atoms with Gasteiger partial charge in [-0.05, 0) is 62.6 Å². The van der Waals surface area contributed by atoms with Gasteiger partial charge in [-0.3, -0.25) is 4.79 Å². The summed E-state index contributed by atoms with van der Waals surface area (Å²) >= 11 is 0. The third kappa shape index (κ3) is 4.80. The molecule has 2 atom stereocenters. The number of fused-ring (bicyclic) bond motifs is 2. The Morgan fingerprint density at radius 3 is 2.41 bits per heavy atom. The van der Waals surface area contributed by atoms with Gasteiger partial charge in [-0.1, -0.05) is 12.8 Å². The smallest absolute Gasteiger partial charge is 0.223 e. The Bertz CT molecular complexity index is 654. The number of hydrogen-bond acceptors (Lipinski definition) is 2. The van der Waals surface area contributed by atoms with Gasteiger partial charge < -0.3 is 10.2 Å². The standard InChI is InChI=1S/C21H28F2N2O.ClH/c22-16-5-8-20(23)15(12-16)13-25(19-3-1-2-4-19)21(26)11-14-9-17-6-7-18(10-14)24-17;/h5,8,12,14,17-19,24H,1-4,6-7,9-11,13H2;1H. The molecule has 3 aliphatic rings. The van der Waals surface area contributed by atoms with E-state index in [0.717, 1.165) is 50.7 Å². The minimum absolute atomic E-state index is 0. The SMILES string of the molecule is Cl.O=C(CC1CC2CCC(C1)N2)N(Cc1cc(F)ccc1F)C1CCCC1. The van der Waals surface area contributed by atoms with Gasteiger partial charge in [-0.2, -0.15) is 0 Å². The van der Waals surface area contributed by atoms with Crippen molar-refractivity contribution in [2.24, 2.45) is 5.92 Å². The van der Waals surface area contributed by atoms with Crippen LogP contribution in [-0.4, -0.2) is 28.9 Å². The van der Waals surface area contributed by atoms with Crippen LogP contribution in [0, 0.1) is 17.6 Å². The molecule has 2 bridgehead atoms. The van der Waals surface area contributed by atoms with Crippen LogP contribution in [0.15, 0.2) is 18.2 Å². The Balaban J connectivity index is 0.00000210. The summed E-state index contributed by atoms with van der Waals surface area (Å²) in [6.45, 7) is 0.185. The van der Waals surface area contributed by atoms with Crippen LogP contribution in [0.25, 0.3) is 0 Å². The number of rotatable bonds is 5. The fourth-order valence-corrected chi connectivity index (χ4v) is 5.19. The van der Waals surface area contributed by atoms with Crippen molar-refractivity contribution < 1.29 is 13.6 Å². The largest absolute Gasteiger partial charge is 0.335 e. The summed E-state index contributed by atoms with van der Waals surface area (Å²) in [6.07, 6.45) is 9.27. The molecule has 6 heteroatoms. The normalized spacial score (nSPS) is 27.4. The minimum atomic E-state index is -0.449. The van der Waals surface area contributed by atoms with Crippen molar-refractivity contribution in [1.82, 2.24) is 10.2 Å². The van der Waals surface area contributed by atoms with Gasteiger partial charge in [-0.15, -0.1) is 12.4 Å². The maximum atomic E-state index is 14.1. The molecule has 0 radical (unpaired) electrons. The Kier molecular flexibility index (Phi) is 6.74. The first-order valence-electron chi connectivity index (χ1n) is 10.1. The fourth-order valence-electron chi connectivity index (χ4n) is 5.19. The minimum Gasteiger partial charge on any atom is -0.335 e. The Morgan fingerprint density at radius 1 is 1.07 bits per heavy atom. The first-order valence-corrected chi connectivity index (χ1v) is 10.1. The van der Waals surface area contributed by atoms with Crippen LogP contribution in [0.1, 0.15) is 63.4 Å². The molecule has 2 unspecified atom stereocenters. The molecule has 0 spiro atoms. The number of hydrogen-bond donors (Lipinski definition) is 1. The maximum absolute atomic E-state index is 14.1. The molecular formula is C21H29ClF2N2O. The van der Waals surface area contributed by atoms with Gasteiger partial charge >= 0.3 is 0 Å². The van der Waals surface area contributed by atoms with E-state index in [9.17, 15) is 13.6 Å². The predicted octanol–water partition coefficient (Wildman–Crippen LogP) is 4.58. The van der Waals surface area contributed by atoms with Gasteiger partial charge in [0.05, 0.1) is 0 Å². The molecule has 150 valence electrons. The Morgan fingerprint density at radius 2 is 1.74 bits per heavy atom.